The zero-order chi connectivity index (χ0) is 14.7. The van der Waals surface area contributed by atoms with E-state index in [2.05, 4.69) is 13.8 Å². The zero-order valence-electron chi connectivity index (χ0n) is 12.1. The van der Waals surface area contributed by atoms with E-state index in [0.717, 1.165) is 22.8 Å². The molecule has 0 aliphatic carbocycles. The highest BCUT2D eigenvalue weighted by atomic mass is 16.3. The van der Waals surface area contributed by atoms with Crippen LogP contribution in [0.25, 0.3) is 10.8 Å². The van der Waals surface area contributed by atoms with Gasteiger partial charge in [-0.2, -0.15) is 0 Å². The first-order chi connectivity index (χ1) is 9.50. The van der Waals surface area contributed by atoms with E-state index in [1.54, 1.807) is 12.1 Å². The third-order valence-electron chi connectivity index (χ3n) is 3.75. The summed E-state index contributed by atoms with van der Waals surface area (Å²) >= 11 is 0. The molecule has 2 aromatic carbocycles. The molecule has 0 heterocycles. The highest BCUT2D eigenvalue weighted by molar-refractivity contribution is 5.91. The maximum absolute atomic E-state index is 10.3. The van der Waals surface area contributed by atoms with Crippen LogP contribution in [0.1, 0.15) is 38.3 Å². The fraction of sp³-hybridized carbons (Fsp3) is 0.412. The summed E-state index contributed by atoms with van der Waals surface area (Å²) in [5.74, 6) is 0.793. The summed E-state index contributed by atoms with van der Waals surface area (Å²) < 4.78 is 0. The molecule has 0 aliphatic rings. The molecule has 2 atom stereocenters. The van der Waals surface area contributed by atoms with Gasteiger partial charge in [0.05, 0.1) is 12.1 Å². The largest absolute Gasteiger partial charge is 0.507 e. The molecule has 0 bridgehead atoms. The van der Waals surface area contributed by atoms with Gasteiger partial charge in [-0.15, -0.1) is 0 Å². The Morgan fingerprint density at radius 1 is 1.00 bits per heavy atom. The summed E-state index contributed by atoms with van der Waals surface area (Å²) in [4.78, 5) is 0. The number of benzene rings is 2. The van der Waals surface area contributed by atoms with Crippen molar-refractivity contribution in [3.63, 3.8) is 0 Å². The molecule has 2 rings (SSSR count). The average molecular weight is 273 g/mol. The molecule has 0 saturated heterocycles. The minimum atomic E-state index is -0.564. The summed E-state index contributed by atoms with van der Waals surface area (Å²) in [6.45, 7) is 4.27. The summed E-state index contributed by atoms with van der Waals surface area (Å²) in [7, 11) is 0. The van der Waals surface area contributed by atoms with Crippen molar-refractivity contribution in [1.29, 1.82) is 0 Å². The van der Waals surface area contributed by atoms with Gasteiger partial charge in [-0.3, -0.25) is 0 Å². The van der Waals surface area contributed by atoms with Gasteiger partial charge in [0.15, 0.2) is 0 Å². The fourth-order valence-corrected chi connectivity index (χ4v) is 2.49. The molecule has 0 radical (unpaired) electrons. The van der Waals surface area contributed by atoms with E-state index < -0.39 is 12.1 Å². The van der Waals surface area contributed by atoms with Gasteiger partial charge in [-0.25, -0.2) is 0 Å². The number of phenolic OH excluding ortho intramolecular Hbond substituents is 1. The summed E-state index contributed by atoms with van der Waals surface area (Å²) in [5, 5.41) is 21.8. The van der Waals surface area contributed by atoms with Crippen LogP contribution in [0.4, 0.5) is 0 Å². The number of phenols is 1. The van der Waals surface area contributed by atoms with Crippen LogP contribution < -0.4 is 5.73 Å². The Balaban J connectivity index is 2.30. The molecule has 20 heavy (non-hydrogen) atoms. The van der Waals surface area contributed by atoms with E-state index in [1.165, 1.54) is 0 Å². The van der Waals surface area contributed by atoms with Gasteiger partial charge in [-0.1, -0.05) is 44.2 Å². The third-order valence-corrected chi connectivity index (χ3v) is 3.75. The van der Waals surface area contributed by atoms with Crippen LogP contribution in [-0.4, -0.2) is 16.3 Å². The van der Waals surface area contributed by atoms with Crippen molar-refractivity contribution >= 4 is 10.8 Å². The smallest absolute Gasteiger partial charge is 0.123 e. The van der Waals surface area contributed by atoms with Crippen LogP contribution in [0.5, 0.6) is 5.75 Å². The molecule has 0 spiro atoms. The van der Waals surface area contributed by atoms with Crippen molar-refractivity contribution in [2.45, 2.75) is 38.8 Å². The van der Waals surface area contributed by atoms with Crippen molar-refractivity contribution in [3.8, 4) is 5.75 Å². The Hall–Kier alpha value is -1.58. The van der Waals surface area contributed by atoms with E-state index in [4.69, 9.17) is 5.73 Å². The molecule has 3 heteroatoms. The number of rotatable bonds is 5. The predicted octanol–water partition coefficient (Wildman–Crippen LogP) is 3.34. The molecular weight excluding hydrogens is 250 g/mol. The van der Waals surface area contributed by atoms with Crippen LogP contribution in [-0.2, 0) is 0 Å². The number of aromatic hydroxyl groups is 1. The maximum atomic E-state index is 10.3. The minimum absolute atomic E-state index is 0.244. The summed E-state index contributed by atoms with van der Waals surface area (Å²) in [5.41, 5.74) is 7.09. The van der Waals surface area contributed by atoms with E-state index in [-0.39, 0.29) is 5.75 Å². The second kappa shape index (κ2) is 6.25. The lowest BCUT2D eigenvalue weighted by atomic mass is 9.92. The van der Waals surface area contributed by atoms with Crippen molar-refractivity contribution in [1.82, 2.24) is 0 Å². The van der Waals surface area contributed by atoms with Crippen molar-refractivity contribution in [2.24, 2.45) is 11.7 Å². The fourth-order valence-electron chi connectivity index (χ4n) is 2.49. The Labute approximate surface area is 120 Å². The lowest BCUT2D eigenvalue weighted by molar-refractivity contribution is 0.129. The number of hydrogen-bond acceptors (Lipinski definition) is 3. The van der Waals surface area contributed by atoms with E-state index >= 15 is 0 Å². The molecular formula is C17H23NO2. The standard InChI is InChI=1S/C17H23NO2/c1-11(2)7-9-16(20)17(18)14-8-10-15(19)13-6-4-3-5-12(13)14/h3-6,8,10-11,16-17,19-20H,7,9,18H2,1-2H3/t16-,17+/m0/s1. The quantitative estimate of drug-likeness (QED) is 0.782. The molecule has 2 aromatic rings. The van der Waals surface area contributed by atoms with Gasteiger partial charge in [0.2, 0.25) is 0 Å². The SMILES string of the molecule is CC(C)CC[C@H](O)[C@H](N)c1ccc(O)c2ccccc12. The Morgan fingerprint density at radius 2 is 1.65 bits per heavy atom. The first-order valence-corrected chi connectivity index (χ1v) is 7.15. The van der Waals surface area contributed by atoms with Crippen LogP contribution in [0.2, 0.25) is 0 Å². The number of fused-ring (bicyclic) bond motifs is 1. The van der Waals surface area contributed by atoms with Gasteiger partial charge < -0.3 is 15.9 Å². The highest BCUT2D eigenvalue weighted by Crippen LogP contribution is 2.32. The van der Waals surface area contributed by atoms with Crippen molar-refractivity contribution in [2.75, 3.05) is 0 Å². The molecule has 0 amide bonds. The van der Waals surface area contributed by atoms with Gasteiger partial charge in [-0.05, 0) is 35.8 Å². The lowest BCUT2D eigenvalue weighted by Crippen LogP contribution is -2.26. The number of nitrogens with two attached hydrogens (primary N) is 1. The molecule has 0 aromatic heterocycles. The summed E-state index contributed by atoms with van der Waals surface area (Å²) in [6.07, 6.45) is 1.07. The number of aliphatic hydroxyl groups excluding tert-OH is 1. The minimum Gasteiger partial charge on any atom is -0.507 e. The van der Waals surface area contributed by atoms with Gasteiger partial charge in [0.25, 0.3) is 0 Å². The molecule has 108 valence electrons. The van der Waals surface area contributed by atoms with E-state index in [0.29, 0.717) is 12.3 Å². The summed E-state index contributed by atoms with van der Waals surface area (Å²) in [6, 6.07) is 10.6. The normalized spacial score (nSPS) is 14.7. The Bertz CT molecular complexity index is 580. The second-order valence-corrected chi connectivity index (χ2v) is 5.78. The molecule has 4 N–H and O–H groups in total. The molecule has 0 saturated carbocycles. The first-order valence-electron chi connectivity index (χ1n) is 7.15. The van der Waals surface area contributed by atoms with Crippen LogP contribution >= 0.6 is 0 Å². The highest BCUT2D eigenvalue weighted by Gasteiger charge is 2.19. The van der Waals surface area contributed by atoms with Crippen LogP contribution in [0, 0.1) is 5.92 Å². The average Bonchev–Trinajstić information content (AvgIpc) is 2.44. The Kier molecular flexibility index (Phi) is 4.63. The molecule has 0 unspecified atom stereocenters. The number of aliphatic hydroxyl groups is 1. The third kappa shape index (κ3) is 3.11. The topological polar surface area (TPSA) is 66.5 Å². The van der Waals surface area contributed by atoms with Gasteiger partial charge in [0, 0.05) is 5.39 Å². The maximum Gasteiger partial charge on any atom is 0.123 e. The predicted molar refractivity (Wildman–Crippen MR) is 82.6 cm³/mol. The first kappa shape index (κ1) is 14.8. The monoisotopic (exact) mass is 273 g/mol. The second-order valence-electron chi connectivity index (χ2n) is 5.78. The van der Waals surface area contributed by atoms with Gasteiger partial charge in [0.1, 0.15) is 5.75 Å². The number of hydrogen-bond donors (Lipinski definition) is 3. The van der Waals surface area contributed by atoms with Crippen LogP contribution in [0.3, 0.4) is 0 Å². The van der Waals surface area contributed by atoms with E-state index in [1.807, 2.05) is 24.3 Å². The molecule has 3 nitrogen and oxygen atoms in total. The van der Waals surface area contributed by atoms with Crippen molar-refractivity contribution in [3.05, 3.63) is 42.0 Å². The zero-order valence-corrected chi connectivity index (χ0v) is 12.1. The van der Waals surface area contributed by atoms with Crippen molar-refractivity contribution < 1.29 is 10.2 Å². The van der Waals surface area contributed by atoms with Crippen LogP contribution in [0.15, 0.2) is 36.4 Å². The Morgan fingerprint density at radius 3 is 2.30 bits per heavy atom. The lowest BCUT2D eigenvalue weighted by Gasteiger charge is -2.21. The molecule has 0 aliphatic heterocycles. The molecule has 0 fully saturated rings. The van der Waals surface area contributed by atoms with E-state index in [9.17, 15) is 10.2 Å². The van der Waals surface area contributed by atoms with Gasteiger partial charge >= 0.3 is 0 Å².